The van der Waals surface area contributed by atoms with Gasteiger partial charge in [0.15, 0.2) is 0 Å². The number of benzene rings is 1. The van der Waals surface area contributed by atoms with Gasteiger partial charge in [0, 0.05) is 10.2 Å². The molecule has 1 N–H and O–H groups in total. The number of rotatable bonds is 1. The van der Waals surface area contributed by atoms with Gasteiger partial charge in [0.05, 0.1) is 7.11 Å². The molecule has 0 spiro atoms. The molecule has 0 aliphatic heterocycles. The molecule has 0 aliphatic rings. The van der Waals surface area contributed by atoms with Crippen LogP contribution in [0.15, 0.2) is 22.7 Å². The molecule has 0 heterocycles. The number of ether oxygens (including phenoxy) is 1. The third kappa shape index (κ3) is 2.73. The summed E-state index contributed by atoms with van der Waals surface area (Å²) in [5.74, 6) is 0. The molecule has 3 nitrogen and oxygen atoms in total. The van der Waals surface area contributed by atoms with Crippen molar-refractivity contribution in [2.45, 2.75) is 6.92 Å². The normalized spacial score (nSPS) is 9.46. The smallest absolute Gasteiger partial charge is 0.411 e. The molecule has 0 saturated carbocycles. The lowest BCUT2D eigenvalue weighted by molar-refractivity contribution is 0.187. The van der Waals surface area contributed by atoms with E-state index in [0.29, 0.717) is 5.69 Å². The third-order valence-corrected chi connectivity index (χ3v) is 2.46. The van der Waals surface area contributed by atoms with Crippen LogP contribution in [0, 0.1) is 6.92 Å². The number of carbonyl (C=O) groups is 1. The highest BCUT2D eigenvalue weighted by Gasteiger charge is 2.01. The van der Waals surface area contributed by atoms with Gasteiger partial charge in [-0.1, -0.05) is 22.0 Å². The molecule has 0 unspecified atom stereocenters. The van der Waals surface area contributed by atoms with E-state index in [9.17, 15) is 4.79 Å². The zero-order valence-electron chi connectivity index (χ0n) is 7.43. The lowest BCUT2D eigenvalue weighted by atomic mass is 10.2. The molecule has 1 rings (SSSR count). The first-order valence-electron chi connectivity index (χ1n) is 3.74. The molecule has 0 saturated heterocycles. The summed E-state index contributed by atoms with van der Waals surface area (Å²) in [6, 6.07) is 5.55. The monoisotopic (exact) mass is 243 g/mol. The number of halogens is 1. The van der Waals surface area contributed by atoms with Crippen LogP contribution in [0.3, 0.4) is 0 Å². The molecule has 1 amide bonds. The van der Waals surface area contributed by atoms with Gasteiger partial charge in [-0.15, -0.1) is 0 Å². The summed E-state index contributed by atoms with van der Waals surface area (Å²) in [6.45, 7) is 1.98. The highest BCUT2D eigenvalue weighted by Crippen LogP contribution is 2.20. The quantitative estimate of drug-likeness (QED) is 0.824. The van der Waals surface area contributed by atoms with Gasteiger partial charge >= 0.3 is 6.09 Å². The van der Waals surface area contributed by atoms with Gasteiger partial charge in [0.25, 0.3) is 0 Å². The van der Waals surface area contributed by atoms with Gasteiger partial charge in [0.1, 0.15) is 0 Å². The minimum Gasteiger partial charge on any atom is -0.453 e. The second-order valence-corrected chi connectivity index (χ2v) is 3.43. The topological polar surface area (TPSA) is 38.3 Å². The van der Waals surface area contributed by atoms with Crippen LogP contribution in [0.2, 0.25) is 0 Å². The molecule has 0 atom stereocenters. The first kappa shape index (κ1) is 10.1. The third-order valence-electron chi connectivity index (χ3n) is 1.60. The Morgan fingerprint density at radius 2 is 2.23 bits per heavy atom. The van der Waals surface area contributed by atoms with E-state index in [4.69, 9.17) is 0 Å². The molecule has 1 aromatic carbocycles. The predicted octanol–water partition coefficient (Wildman–Crippen LogP) is 2.94. The molecule has 0 bridgehead atoms. The Bertz CT molecular complexity index is 325. The van der Waals surface area contributed by atoms with E-state index in [2.05, 4.69) is 26.0 Å². The number of aryl methyl sites for hydroxylation is 1. The molecule has 13 heavy (non-hydrogen) atoms. The zero-order chi connectivity index (χ0) is 9.84. The second kappa shape index (κ2) is 4.28. The minimum atomic E-state index is -0.462. The average Bonchev–Trinajstić information content (AvgIpc) is 2.11. The van der Waals surface area contributed by atoms with Crippen LogP contribution >= 0.6 is 15.9 Å². The van der Waals surface area contributed by atoms with Gasteiger partial charge < -0.3 is 4.74 Å². The lowest BCUT2D eigenvalue weighted by Gasteiger charge is -2.04. The second-order valence-electron chi connectivity index (χ2n) is 2.58. The fourth-order valence-corrected chi connectivity index (χ4v) is 1.22. The van der Waals surface area contributed by atoms with Crippen molar-refractivity contribution in [3.05, 3.63) is 28.2 Å². The molecule has 0 fully saturated rings. The molecule has 1 aromatic rings. The molecule has 0 aliphatic carbocycles. The average molecular weight is 244 g/mol. The summed E-state index contributed by atoms with van der Waals surface area (Å²) in [4.78, 5) is 10.8. The number of hydrogen-bond donors (Lipinski definition) is 1. The molecular weight excluding hydrogens is 234 g/mol. The Hall–Kier alpha value is -1.03. The minimum absolute atomic E-state index is 0.462. The standard InChI is InChI=1S/C9H10BrNO2/c1-6-3-4-7(5-8(6)10)11-9(12)13-2/h3-5H,1-2H3,(H,11,12). The zero-order valence-corrected chi connectivity index (χ0v) is 9.01. The molecular formula is C9H10BrNO2. The largest absolute Gasteiger partial charge is 0.453 e. The summed E-state index contributed by atoms with van der Waals surface area (Å²) < 4.78 is 5.42. The highest BCUT2D eigenvalue weighted by atomic mass is 79.9. The van der Waals surface area contributed by atoms with Crippen molar-refractivity contribution in [2.24, 2.45) is 0 Å². The van der Waals surface area contributed by atoms with Crippen LogP contribution in [0.25, 0.3) is 0 Å². The van der Waals surface area contributed by atoms with E-state index in [-0.39, 0.29) is 0 Å². The lowest BCUT2D eigenvalue weighted by Crippen LogP contribution is -2.10. The van der Waals surface area contributed by atoms with Crippen molar-refractivity contribution in [3.8, 4) is 0 Å². The van der Waals surface area contributed by atoms with Crippen molar-refractivity contribution in [3.63, 3.8) is 0 Å². The van der Waals surface area contributed by atoms with Crippen LogP contribution in [0.1, 0.15) is 5.56 Å². The number of hydrogen-bond acceptors (Lipinski definition) is 2. The maximum Gasteiger partial charge on any atom is 0.411 e. The van der Waals surface area contributed by atoms with Crippen LogP contribution in [-0.2, 0) is 4.74 Å². The summed E-state index contributed by atoms with van der Waals surface area (Å²) in [5, 5.41) is 2.57. The highest BCUT2D eigenvalue weighted by molar-refractivity contribution is 9.10. The van der Waals surface area contributed by atoms with E-state index < -0.39 is 6.09 Å². The Kier molecular flexibility index (Phi) is 3.31. The summed E-state index contributed by atoms with van der Waals surface area (Å²) in [7, 11) is 1.33. The number of nitrogens with one attached hydrogen (secondary N) is 1. The van der Waals surface area contributed by atoms with Crippen molar-refractivity contribution >= 4 is 27.7 Å². The van der Waals surface area contributed by atoms with Crippen LogP contribution in [0.5, 0.6) is 0 Å². The van der Waals surface area contributed by atoms with Gasteiger partial charge in [-0.3, -0.25) is 5.32 Å². The molecule has 0 aromatic heterocycles. The number of carbonyl (C=O) groups excluding carboxylic acids is 1. The fourth-order valence-electron chi connectivity index (χ4n) is 0.839. The van der Waals surface area contributed by atoms with Gasteiger partial charge in [-0.05, 0) is 24.6 Å². The molecule has 70 valence electrons. The summed E-state index contributed by atoms with van der Waals surface area (Å²) >= 11 is 3.37. The first-order chi connectivity index (χ1) is 6.13. The maximum atomic E-state index is 10.8. The van der Waals surface area contributed by atoms with Crippen LogP contribution in [0.4, 0.5) is 10.5 Å². The van der Waals surface area contributed by atoms with E-state index in [1.165, 1.54) is 7.11 Å². The maximum absolute atomic E-state index is 10.8. The van der Waals surface area contributed by atoms with E-state index in [0.717, 1.165) is 10.0 Å². The number of methoxy groups -OCH3 is 1. The Morgan fingerprint density at radius 3 is 2.77 bits per heavy atom. The van der Waals surface area contributed by atoms with Crippen LogP contribution < -0.4 is 5.32 Å². The van der Waals surface area contributed by atoms with Crippen molar-refractivity contribution < 1.29 is 9.53 Å². The molecule has 4 heteroatoms. The Morgan fingerprint density at radius 1 is 1.54 bits per heavy atom. The Labute approximate surface area is 85.2 Å². The fraction of sp³-hybridized carbons (Fsp3) is 0.222. The van der Waals surface area contributed by atoms with Crippen molar-refractivity contribution in [1.29, 1.82) is 0 Å². The van der Waals surface area contributed by atoms with Gasteiger partial charge in [0.2, 0.25) is 0 Å². The number of amides is 1. The summed E-state index contributed by atoms with van der Waals surface area (Å²) in [6.07, 6.45) is -0.462. The van der Waals surface area contributed by atoms with E-state index >= 15 is 0 Å². The predicted molar refractivity (Wildman–Crippen MR) is 54.9 cm³/mol. The van der Waals surface area contributed by atoms with Gasteiger partial charge in [-0.25, -0.2) is 4.79 Å². The van der Waals surface area contributed by atoms with E-state index in [1.54, 1.807) is 0 Å². The molecule has 0 radical (unpaired) electrons. The van der Waals surface area contributed by atoms with Gasteiger partial charge in [-0.2, -0.15) is 0 Å². The van der Waals surface area contributed by atoms with Crippen molar-refractivity contribution in [1.82, 2.24) is 0 Å². The SMILES string of the molecule is COC(=O)Nc1ccc(C)c(Br)c1. The first-order valence-corrected chi connectivity index (χ1v) is 4.54. The summed E-state index contributed by atoms with van der Waals surface area (Å²) in [5.41, 5.74) is 1.83. The van der Waals surface area contributed by atoms with Crippen LogP contribution in [-0.4, -0.2) is 13.2 Å². The number of anilines is 1. The van der Waals surface area contributed by atoms with E-state index in [1.807, 2.05) is 25.1 Å². The van der Waals surface area contributed by atoms with Crippen molar-refractivity contribution in [2.75, 3.05) is 12.4 Å². The Balaban J connectivity index is 2.79.